The summed E-state index contributed by atoms with van der Waals surface area (Å²) in [7, 11) is 0. The summed E-state index contributed by atoms with van der Waals surface area (Å²) in [4.78, 5) is 12.9. The lowest BCUT2D eigenvalue weighted by Crippen LogP contribution is -2.25. The molecule has 0 amide bonds. The zero-order valence-corrected chi connectivity index (χ0v) is 10.1. The van der Waals surface area contributed by atoms with Crippen LogP contribution in [0.15, 0.2) is 17.5 Å². The van der Waals surface area contributed by atoms with E-state index in [0.29, 0.717) is 11.7 Å². The Hall–Kier alpha value is -0.630. The number of hydrogen-bond donors (Lipinski definition) is 0. The summed E-state index contributed by atoms with van der Waals surface area (Å²) in [5.74, 6) is 1.85. The molecule has 2 unspecified atom stereocenters. The number of ketones is 1. The summed E-state index contributed by atoms with van der Waals surface area (Å²) >= 11 is 1.82. The molecular formula is C13H18OS. The predicted octanol–water partition coefficient (Wildman–Crippen LogP) is 3.69. The number of hydrogen-bond acceptors (Lipinski definition) is 2. The van der Waals surface area contributed by atoms with Gasteiger partial charge in [0, 0.05) is 17.7 Å². The van der Waals surface area contributed by atoms with Crippen molar-refractivity contribution in [2.45, 2.75) is 39.0 Å². The van der Waals surface area contributed by atoms with Gasteiger partial charge in [-0.3, -0.25) is 4.79 Å². The molecule has 0 N–H and O–H groups in total. The smallest absolute Gasteiger partial charge is 0.133 e. The first-order valence-corrected chi connectivity index (χ1v) is 6.71. The van der Waals surface area contributed by atoms with Gasteiger partial charge in [0.2, 0.25) is 0 Å². The SMILES string of the molecule is CCC1CCC(=O)CC1Cc1cccs1. The maximum absolute atomic E-state index is 11.5. The molecule has 1 fully saturated rings. The van der Waals surface area contributed by atoms with Crippen LogP contribution < -0.4 is 0 Å². The zero-order chi connectivity index (χ0) is 10.7. The third kappa shape index (κ3) is 2.69. The molecule has 1 aromatic rings. The van der Waals surface area contributed by atoms with E-state index in [2.05, 4.69) is 24.4 Å². The second-order valence-corrected chi connectivity index (χ2v) is 5.53. The van der Waals surface area contributed by atoms with Crippen molar-refractivity contribution in [2.24, 2.45) is 11.8 Å². The van der Waals surface area contributed by atoms with Crippen LogP contribution in [0.1, 0.15) is 37.5 Å². The van der Waals surface area contributed by atoms with E-state index in [0.717, 1.165) is 31.6 Å². The summed E-state index contributed by atoms with van der Waals surface area (Å²) in [6.45, 7) is 2.25. The van der Waals surface area contributed by atoms with Gasteiger partial charge in [-0.2, -0.15) is 0 Å². The molecule has 0 radical (unpaired) electrons. The molecular weight excluding hydrogens is 204 g/mol. The third-order valence-corrected chi connectivity index (χ3v) is 4.42. The molecule has 15 heavy (non-hydrogen) atoms. The van der Waals surface area contributed by atoms with Gasteiger partial charge in [-0.05, 0) is 36.1 Å². The lowest BCUT2D eigenvalue weighted by Gasteiger charge is -2.29. The van der Waals surface area contributed by atoms with Crippen LogP contribution in [0.5, 0.6) is 0 Å². The van der Waals surface area contributed by atoms with Gasteiger partial charge in [0.05, 0.1) is 0 Å². The maximum atomic E-state index is 11.5. The van der Waals surface area contributed by atoms with Crippen LogP contribution in [0, 0.1) is 11.8 Å². The molecule has 1 saturated carbocycles. The molecule has 1 aromatic heterocycles. The number of Topliss-reactive ketones (excluding diaryl/α,β-unsaturated/α-hetero) is 1. The van der Waals surface area contributed by atoms with E-state index in [1.54, 1.807) is 0 Å². The molecule has 1 nitrogen and oxygen atoms in total. The second kappa shape index (κ2) is 4.93. The molecule has 82 valence electrons. The van der Waals surface area contributed by atoms with Crippen molar-refractivity contribution in [2.75, 3.05) is 0 Å². The zero-order valence-electron chi connectivity index (χ0n) is 9.24. The molecule has 1 heterocycles. The maximum Gasteiger partial charge on any atom is 0.133 e. The molecule has 2 atom stereocenters. The average molecular weight is 222 g/mol. The van der Waals surface area contributed by atoms with Crippen LogP contribution in [0.25, 0.3) is 0 Å². The highest BCUT2D eigenvalue weighted by Crippen LogP contribution is 2.33. The van der Waals surface area contributed by atoms with Gasteiger partial charge in [0.1, 0.15) is 5.78 Å². The van der Waals surface area contributed by atoms with Gasteiger partial charge in [-0.1, -0.05) is 19.4 Å². The fraction of sp³-hybridized carbons (Fsp3) is 0.615. The van der Waals surface area contributed by atoms with Gasteiger partial charge in [-0.15, -0.1) is 11.3 Å². The lowest BCUT2D eigenvalue weighted by molar-refractivity contribution is -0.122. The fourth-order valence-electron chi connectivity index (χ4n) is 2.61. The molecule has 0 spiro atoms. The van der Waals surface area contributed by atoms with E-state index >= 15 is 0 Å². The van der Waals surface area contributed by atoms with Crippen LogP contribution in [-0.4, -0.2) is 5.78 Å². The van der Waals surface area contributed by atoms with Gasteiger partial charge < -0.3 is 0 Å². The Kier molecular flexibility index (Phi) is 3.57. The molecule has 0 bridgehead atoms. The summed E-state index contributed by atoms with van der Waals surface area (Å²) in [5.41, 5.74) is 0. The first-order chi connectivity index (χ1) is 7.29. The Labute approximate surface area is 95.5 Å². The van der Waals surface area contributed by atoms with E-state index in [4.69, 9.17) is 0 Å². The summed E-state index contributed by atoms with van der Waals surface area (Å²) < 4.78 is 0. The van der Waals surface area contributed by atoms with Crippen molar-refractivity contribution in [1.29, 1.82) is 0 Å². The Morgan fingerprint density at radius 1 is 1.47 bits per heavy atom. The fourth-order valence-corrected chi connectivity index (χ4v) is 3.41. The van der Waals surface area contributed by atoms with Gasteiger partial charge in [0.15, 0.2) is 0 Å². The van der Waals surface area contributed by atoms with Crippen LogP contribution in [-0.2, 0) is 11.2 Å². The van der Waals surface area contributed by atoms with Crippen LogP contribution in [0.4, 0.5) is 0 Å². The average Bonchev–Trinajstić information content (AvgIpc) is 2.71. The van der Waals surface area contributed by atoms with E-state index in [1.165, 1.54) is 11.3 Å². The van der Waals surface area contributed by atoms with Crippen molar-refractivity contribution in [3.8, 4) is 0 Å². The predicted molar refractivity (Wildman–Crippen MR) is 64.2 cm³/mol. The minimum absolute atomic E-state index is 0.473. The largest absolute Gasteiger partial charge is 0.300 e. The monoisotopic (exact) mass is 222 g/mol. The first kappa shape index (κ1) is 10.9. The molecule has 2 heteroatoms. The Morgan fingerprint density at radius 2 is 2.33 bits per heavy atom. The highest BCUT2D eigenvalue weighted by Gasteiger charge is 2.28. The van der Waals surface area contributed by atoms with E-state index < -0.39 is 0 Å². The standard InChI is InChI=1S/C13H18OS/c1-2-10-5-6-12(14)8-11(10)9-13-4-3-7-15-13/h3-4,7,10-11H,2,5-6,8-9H2,1H3. The van der Waals surface area contributed by atoms with E-state index in [-0.39, 0.29) is 0 Å². The van der Waals surface area contributed by atoms with Crippen molar-refractivity contribution < 1.29 is 4.79 Å². The van der Waals surface area contributed by atoms with E-state index in [9.17, 15) is 4.79 Å². The van der Waals surface area contributed by atoms with Crippen molar-refractivity contribution in [1.82, 2.24) is 0 Å². The topological polar surface area (TPSA) is 17.1 Å². The number of carbonyl (C=O) groups excluding carboxylic acids is 1. The van der Waals surface area contributed by atoms with Crippen molar-refractivity contribution in [3.05, 3.63) is 22.4 Å². The molecule has 0 saturated heterocycles. The highest BCUT2D eigenvalue weighted by molar-refractivity contribution is 7.09. The van der Waals surface area contributed by atoms with Crippen LogP contribution >= 0.6 is 11.3 Å². The van der Waals surface area contributed by atoms with Gasteiger partial charge >= 0.3 is 0 Å². The summed E-state index contributed by atoms with van der Waals surface area (Å²) in [6, 6.07) is 4.29. The third-order valence-electron chi connectivity index (χ3n) is 3.52. The second-order valence-electron chi connectivity index (χ2n) is 4.49. The summed E-state index contributed by atoms with van der Waals surface area (Å²) in [5, 5.41) is 2.13. The number of thiophene rings is 1. The molecule has 1 aliphatic rings. The molecule has 2 rings (SSSR count). The van der Waals surface area contributed by atoms with Gasteiger partial charge in [0.25, 0.3) is 0 Å². The number of rotatable bonds is 3. The van der Waals surface area contributed by atoms with Crippen molar-refractivity contribution >= 4 is 17.1 Å². The van der Waals surface area contributed by atoms with Crippen molar-refractivity contribution in [3.63, 3.8) is 0 Å². The molecule has 1 aliphatic carbocycles. The van der Waals surface area contributed by atoms with Crippen LogP contribution in [0.3, 0.4) is 0 Å². The Balaban J connectivity index is 2.01. The Bertz CT molecular complexity index is 315. The lowest BCUT2D eigenvalue weighted by atomic mass is 9.75. The minimum Gasteiger partial charge on any atom is -0.300 e. The summed E-state index contributed by atoms with van der Waals surface area (Å²) in [6.07, 6.45) is 5.09. The quantitative estimate of drug-likeness (QED) is 0.762. The van der Waals surface area contributed by atoms with Crippen LogP contribution in [0.2, 0.25) is 0 Å². The Morgan fingerprint density at radius 3 is 3.00 bits per heavy atom. The number of carbonyl (C=O) groups is 1. The first-order valence-electron chi connectivity index (χ1n) is 5.83. The highest BCUT2D eigenvalue weighted by atomic mass is 32.1. The molecule has 0 aromatic carbocycles. The normalized spacial score (nSPS) is 26.9. The molecule has 0 aliphatic heterocycles. The van der Waals surface area contributed by atoms with E-state index in [1.807, 2.05) is 11.3 Å². The minimum atomic E-state index is 0.473. The van der Waals surface area contributed by atoms with Gasteiger partial charge in [-0.25, -0.2) is 0 Å².